The van der Waals surface area contributed by atoms with Crippen molar-refractivity contribution >= 4 is 0 Å². The van der Waals surface area contributed by atoms with Gasteiger partial charge < -0.3 is 10.2 Å². The number of piperidine rings is 1. The molecule has 1 saturated heterocycles. The number of likely N-dealkylation sites (tertiary alicyclic amines) is 1. The van der Waals surface area contributed by atoms with Gasteiger partial charge in [0.05, 0.1) is 0 Å². The zero-order valence-electron chi connectivity index (χ0n) is 9.09. The highest BCUT2D eigenvalue weighted by atomic mass is 15.2. The molecule has 1 saturated carbocycles. The Morgan fingerprint density at radius 1 is 1.00 bits per heavy atom. The third-order valence-electron chi connectivity index (χ3n) is 3.69. The van der Waals surface area contributed by atoms with E-state index in [1.54, 1.807) is 0 Å². The summed E-state index contributed by atoms with van der Waals surface area (Å²) in [5, 5.41) is 3.75. The lowest BCUT2D eigenvalue weighted by molar-refractivity contribution is 0.111. The van der Waals surface area contributed by atoms with Crippen LogP contribution in [0.3, 0.4) is 0 Å². The summed E-state index contributed by atoms with van der Waals surface area (Å²) in [6, 6.07) is 3.15. The van der Waals surface area contributed by atoms with E-state index in [-0.39, 0.29) is 0 Å². The molecular formula is C11H22N2. The first kappa shape index (κ1) is 9.47. The van der Waals surface area contributed by atoms with E-state index in [1.807, 2.05) is 0 Å². The van der Waals surface area contributed by atoms with E-state index in [0.29, 0.717) is 0 Å². The van der Waals surface area contributed by atoms with Crippen molar-refractivity contribution < 1.29 is 0 Å². The molecule has 1 N–H and O–H groups in total. The molecule has 2 rings (SSSR count). The molecule has 0 bridgehead atoms. The van der Waals surface area contributed by atoms with Gasteiger partial charge in [-0.2, -0.15) is 0 Å². The molecule has 0 aromatic carbocycles. The lowest BCUT2D eigenvalue weighted by Crippen LogP contribution is -2.50. The monoisotopic (exact) mass is 182 g/mol. The number of hydrogen-bond acceptors (Lipinski definition) is 2. The first-order valence-electron chi connectivity index (χ1n) is 5.65. The molecule has 2 nitrogen and oxygen atoms in total. The van der Waals surface area contributed by atoms with Crippen molar-refractivity contribution in [3.63, 3.8) is 0 Å². The number of hydrogen-bond donors (Lipinski definition) is 1. The molecule has 0 radical (unpaired) electrons. The molecule has 0 aromatic heterocycles. The van der Waals surface area contributed by atoms with Gasteiger partial charge in [0.1, 0.15) is 0 Å². The van der Waals surface area contributed by atoms with Crippen molar-refractivity contribution in [2.45, 2.75) is 63.7 Å². The van der Waals surface area contributed by atoms with Crippen LogP contribution < -0.4 is 5.32 Å². The Hall–Kier alpha value is -0.0800. The average Bonchev–Trinajstić information content (AvgIpc) is 2.84. The fourth-order valence-electron chi connectivity index (χ4n) is 2.41. The molecule has 1 aliphatic carbocycles. The summed E-state index contributed by atoms with van der Waals surface area (Å²) in [5.41, 5.74) is 0. The van der Waals surface area contributed by atoms with Crippen LogP contribution in [0.5, 0.6) is 0 Å². The highest BCUT2D eigenvalue weighted by Gasteiger charge is 2.31. The van der Waals surface area contributed by atoms with Gasteiger partial charge in [-0.25, -0.2) is 0 Å². The van der Waals surface area contributed by atoms with Crippen LogP contribution in [-0.2, 0) is 0 Å². The molecule has 0 spiro atoms. The van der Waals surface area contributed by atoms with Crippen molar-refractivity contribution in [3.8, 4) is 0 Å². The first-order chi connectivity index (χ1) is 6.16. The van der Waals surface area contributed by atoms with E-state index in [1.165, 1.54) is 25.7 Å². The molecule has 2 fully saturated rings. The molecule has 0 amide bonds. The van der Waals surface area contributed by atoms with Crippen LogP contribution in [0.1, 0.15) is 39.5 Å². The summed E-state index contributed by atoms with van der Waals surface area (Å²) in [7, 11) is 2.25. The second kappa shape index (κ2) is 3.58. The lowest BCUT2D eigenvalue weighted by atomic mass is 9.93. The van der Waals surface area contributed by atoms with Crippen LogP contribution >= 0.6 is 0 Å². The zero-order chi connectivity index (χ0) is 9.42. The first-order valence-corrected chi connectivity index (χ1v) is 5.65. The zero-order valence-corrected chi connectivity index (χ0v) is 9.09. The van der Waals surface area contributed by atoms with E-state index < -0.39 is 0 Å². The molecule has 0 aromatic rings. The molecule has 2 aliphatic rings. The molecule has 76 valence electrons. The fourth-order valence-corrected chi connectivity index (χ4v) is 2.41. The van der Waals surface area contributed by atoms with Crippen LogP contribution in [0, 0.1) is 0 Å². The van der Waals surface area contributed by atoms with Gasteiger partial charge >= 0.3 is 0 Å². The molecule has 1 aliphatic heterocycles. The highest BCUT2D eigenvalue weighted by molar-refractivity contribution is 4.91. The number of nitrogens with one attached hydrogen (secondary N) is 1. The minimum absolute atomic E-state index is 0.750. The predicted molar refractivity (Wildman–Crippen MR) is 55.9 cm³/mol. The summed E-state index contributed by atoms with van der Waals surface area (Å²) in [4.78, 5) is 2.51. The van der Waals surface area contributed by atoms with Crippen molar-refractivity contribution in [1.29, 1.82) is 0 Å². The smallest absolute Gasteiger partial charge is 0.00992 e. The Labute approximate surface area is 81.7 Å². The summed E-state index contributed by atoms with van der Waals surface area (Å²) in [6.07, 6.45) is 5.49. The number of nitrogens with zero attached hydrogens (tertiary/aromatic N) is 1. The Morgan fingerprint density at radius 3 is 2.00 bits per heavy atom. The third-order valence-corrected chi connectivity index (χ3v) is 3.69. The van der Waals surface area contributed by atoms with Gasteiger partial charge in [-0.15, -0.1) is 0 Å². The van der Waals surface area contributed by atoms with E-state index in [4.69, 9.17) is 0 Å². The minimum Gasteiger partial charge on any atom is -0.311 e. The SMILES string of the molecule is CC1CC(NC2CC2)CC(C)N1C. The largest absolute Gasteiger partial charge is 0.311 e. The summed E-state index contributed by atoms with van der Waals surface area (Å²) >= 11 is 0. The van der Waals surface area contributed by atoms with E-state index in [2.05, 4.69) is 31.1 Å². The lowest BCUT2D eigenvalue weighted by Gasteiger charge is -2.40. The summed E-state index contributed by atoms with van der Waals surface area (Å²) < 4.78 is 0. The fraction of sp³-hybridized carbons (Fsp3) is 1.00. The maximum atomic E-state index is 3.75. The van der Waals surface area contributed by atoms with E-state index in [9.17, 15) is 0 Å². The van der Waals surface area contributed by atoms with E-state index in [0.717, 1.165) is 24.2 Å². The molecule has 2 unspecified atom stereocenters. The highest BCUT2D eigenvalue weighted by Crippen LogP contribution is 2.26. The predicted octanol–water partition coefficient (Wildman–Crippen LogP) is 1.61. The molecule has 1 heterocycles. The third kappa shape index (κ3) is 2.23. The Kier molecular flexibility index (Phi) is 2.61. The Morgan fingerprint density at radius 2 is 1.54 bits per heavy atom. The van der Waals surface area contributed by atoms with Crippen molar-refractivity contribution in [1.82, 2.24) is 10.2 Å². The summed E-state index contributed by atoms with van der Waals surface area (Å²) in [5.74, 6) is 0. The van der Waals surface area contributed by atoms with Crippen molar-refractivity contribution in [3.05, 3.63) is 0 Å². The quantitative estimate of drug-likeness (QED) is 0.698. The van der Waals surface area contributed by atoms with E-state index >= 15 is 0 Å². The van der Waals surface area contributed by atoms with Crippen LogP contribution in [0.4, 0.5) is 0 Å². The Bertz CT molecular complexity index is 165. The van der Waals surface area contributed by atoms with Crippen LogP contribution in [0.25, 0.3) is 0 Å². The Balaban J connectivity index is 1.84. The molecule has 2 atom stereocenters. The second-order valence-electron chi connectivity index (χ2n) is 4.97. The second-order valence-corrected chi connectivity index (χ2v) is 4.97. The molecule has 2 heteroatoms. The van der Waals surface area contributed by atoms with Crippen molar-refractivity contribution in [2.24, 2.45) is 0 Å². The standard InChI is InChI=1S/C11H22N2/c1-8-6-11(12-10-4-5-10)7-9(2)13(8)3/h8-12H,4-7H2,1-3H3. The average molecular weight is 182 g/mol. The van der Waals surface area contributed by atoms with Gasteiger partial charge in [0.25, 0.3) is 0 Å². The maximum Gasteiger partial charge on any atom is 0.00992 e. The molecule has 13 heavy (non-hydrogen) atoms. The maximum absolute atomic E-state index is 3.75. The van der Waals surface area contributed by atoms with Gasteiger partial charge in [-0.1, -0.05) is 0 Å². The van der Waals surface area contributed by atoms with Crippen LogP contribution in [0.2, 0.25) is 0 Å². The minimum atomic E-state index is 0.750. The van der Waals surface area contributed by atoms with Gasteiger partial charge in [0, 0.05) is 24.2 Å². The van der Waals surface area contributed by atoms with Gasteiger partial charge in [0.2, 0.25) is 0 Å². The number of rotatable bonds is 2. The van der Waals surface area contributed by atoms with Crippen LogP contribution in [0.15, 0.2) is 0 Å². The van der Waals surface area contributed by atoms with Crippen LogP contribution in [-0.4, -0.2) is 36.1 Å². The molecular weight excluding hydrogens is 160 g/mol. The summed E-state index contributed by atoms with van der Waals surface area (Å²) in [6.45, 7) is 4.69. The van der Waals surface area contributed by atoms with Crippen molar-refractivity contribution in [2.75, 3.05) is 7.05 Å². The van der Waals surface area contributed by atoms with Gasteiger partial charge in [-0.05, 0) is 46.6 Å². The van der Waals surface area contributed by atoms with Gasteiger partial charge in [0.15, 0.2) is 0 Å². The van der Waals surface area contributed by atoms with Gasteiger partial charge in [-0.3, -0.25) is 0 Å². The topological polar surface area (TPSA) is 15.3 Å². The normalized spacial score (nSPS) is 42.2.